The van der Waals surface area contributed by atoms with Crippen molar-refractivity contribution >= 4 is 17.6 Å². The van der Waals surface area contributed by atoms with Crippen LogP contribution in [0.4, 0.5) is 5.82 Å². The Bertz CT molecular complexity index is 543. The van der Waals surface area contributed by atoms with Crippen LogP contribution in [0.2, 0.25) is 0 Å². The van der Waals surface area contributed by atoms with Gasteiger partial charge in [-0.1, -0.05) is 11.8 Å². The molecule has 0 fully saturated rings. The highest BCUT2D eigenvalue weighted by Gasteiger charge is 2.07. The average molecular weight is 279 g/mol. The molecular formula is C12H17N5OS. The number of nitrogens with one attached hydrogen (secondary N) is 1. The highest BCUT2D eigenvalue weighted by molar-refractivity contribution is 7.99. The Morgan fingerprint density at radius 3 is 2.89 bits per heavy atom. The fourth-order valence-electron chi connectivity index (χ4n) is 1.48. The predicted molar refractivity (Wildman–Crippen MR) is 74.2 cm³/mol. The largest absolute Gasteiger partial charge is 0.374 e. The smallest absolute Gasteiger partial charge is 0.157 e. The number of rotatable bonds is 6. The lowest BCUT2D eigenvalue weighted by atomic mass is 10.5. The van der Waals surface area contributed by atoms with Gasteiger partial charge in [-0.15, -0.1) is 0 Å². The van der Waals surface area contributed by atoms with E-state index >= 15 is 0 Å². The Balaban J connectivity index is 2.18. The monoisotopic (exact) mass is 279 g/mol. The van der Waals surface area contributed by atoms with Crippen LogP contribution in [0.15, 0.2) is 28.4 Å². The average Bonchev–Trinajstić information content (AvgIpc) is 2.81. The number of aromatic nitrogens is 4. The standard InChI is InChI=1S/C12H17N5OS/c1-4-18-8-11-15-10(13-2)5-12(16-11)19-9-6-14-17(3)7-9/h5-7H,4,8H2,1-3H3,(H,13,15,16). The predicted octanol–water partition coefficient (Wildman–Crippen LogP) is 1.94. The maximum Gasteiger partial charge on any atom is 0.157 e. The van der Waals surface area contributed by atoms with Crippen molar-refractivity contribution in [3.63, 3.8) is 0 Å². The molecule has 0 radical (unpaired) electrons. The van der Waals surface area contributed by atoms with Gasteiger partial charge >= 0.3 is 0 Å². The fraction of sp³-hybridized carbons (Fsp3) is 0.417. The first-order valence-corrected chi connectivity index (χ1v) is 6.83. The van der Waals surface area contributed by atoms with Gasteiger partial charge in [-0.05, 0) is 6.92 Å². The maximum atomic E-state index is 5.35. The number of ether oxygens (including phenoxy) is 1. The molecule has 0 aromatic carbocycles. The second-order valence-electron chi connectivity index (χ2n) is 3.85. The van der Waals surface area contributed by atoms with Crippen LogP contribution in [0.1, 0.15) is 12.7 Å². The first-order valence-electron chi connectivity index (χ1n) is 6.01. The van der Waals surface area contributed by atoms with Gasteiger partial charge < -0.3 is 10.1 Å². The molecule has 6 nitrogen and oxygen atoms in total. The Kier molecular flexibility index (Phi) is 4.75. The Morgan fingerprint density at radius 2 is 2.26 bits per heavy atom. The van der Waals surface area contributed by atoms with Crippen LogP contribution in [-0.2, 0) is 18.4 Å². The lowest BCUT2D eigenvalue weighted by Crippen LogP contribution is -2.03. The normalized spacial score (nSPS) is 10.7. The molecule has 0 aliphatic rings. The third kappa shape index (κ3) is 3.93. The summed E-state index contributed by atoms with van der Waals surface area (Å²) in [4.78, 5) is 9.87. The van der Waals surface area contributed by atoms with Gasteiger partial charge in [0.2, 0.25) is 0 Å². The summed E-state index contributed by atoms with van der Waals surface area (Å²) < 4.78 is 7.12. The Morgan fingerprint density at radius 1 is 1.42 bits per heavy atom. The number of hydrogen-bond acceptors (Lipinski definition) is 6. The van der Waals surface area contributed by atoms with E-state index in [1.807, 2.05) is 39.5 Å². The van der Waals surface area contributed by atoms with Crippen molar-refractivity contribution in [3.05, 3.63) is 24.3 Å². The summed E-state index contributed by atoms with van der Waals surface area (Å²) in [6.07, 6.45) is 3.77. The number of aryl methyl sites for hydroxylation is 1. The van der Waals surface area contributed by atoms with E-state index in [9.17, 15) is 0 Å². The second-order valence-corrected chi connectivity index (χ2v) is 4.94. The van der Waals surface area contributed by atoms with Gasteiger partial charge in [0, 0.05) is 33.0 Å². The van der Waals surface area contributed by atoms with Crippen LogP contribution in [-0.4, -0.2) is 33.4 Å². The molecule has 7 heteroatoms. The van der Waals surface area contributed by atoms with Crippen LogP contribution >= 0.6 is 11.8 Å². The summed E-state index contributed by atoms with van der Waals surface area (Å²) in [6.45, 7) is 3.03. The van der Waals surface area contributed by atoms with E-state index < -0.39 is 0 Å². The second kappa shape index (κ2) is 6.53. The third-order valence-electron chi connectivity index (χ3n) is 2.34. The highest BCUT2D eigenvalue weighted by Crippen LogP contribution is 2.26. The molecule has 0 unspecified atom stereocenters. The quantitative estimate of drug-likeness (QED) is 0.815. The third-order valence-corrected chi connectivity index (χ3v) is 3.21. The molecule has 2 aromatic heterocycles. The van der Waals surface area contributed by atoms with Crippen molar-refractivity contribution in [2.75, 3.05) is 19.0 Å². The molecule has 0 bridgehead atoms. The van der Waals surface area contributed by atoms with Gasteiger partial charge in [0.15, 0.2) is 5.82 Å². The number of anilines is 1. The molecule has 0 aliphatic heterocycles. The minimum Gasteiger partial charge on any atom is -0.374 e. The van der Waals surface area contributed by atoms with Crippen LogP contribution < -0.4 is 5.32 Å². The zero-order chi connectivity index (χ0) is 13.7. The summed E-state index contributed by atoms with van der Waals surface area (Å²) >= 11 is 1.56. The van der Waals surface area contributed by atoms with E-state index in [-0.39, 0.29) is 0 Å². The minimum absolute atomic E-state index is 0.423. The van der Waals surface area contributed by atoms with Crippen LogP contribution in [0.25, 0.3) is 0 Å². The molecule has 0 spiro atoms. The SMILES string of the molecule is CCOCc1nc(NC)cc(Sc2cnn(C)c2)n1. The first kappa shape index (κ1) is 13.8. The molecule has 0 aliphatic carbocycles. The molecule has 102 valence electrons. The molecule has 1 N–H and O–H groups in total. The van der Waals surface area contributed by atoms with Gasteiger partial charge in [0.25, 0.3) is 0 Å². The van der Waals surface area contributed by atoms with E-state index in [1.165, 1.54) is 0 Å². The molecule has 2 heterocycles. The number of hydrogen-bond donors (Lipinski definition) is 1. The van der Waals surface area contributed by atoms with Gasteiger partial charge in [0.05, 0.1) is 11.1 Å². The summed E-state index contributed by atoms with van der Waals surface area (Å²) in [7, 11) is 3.73. The maximum absolute atomic E-state index is 5.35. The van der Waals surface area contributed by atoms with Crippen molar-refractivity contribution < 1.29 is 4.74 Å². The lowest BCUT2D eigenvalue weighted by molar-refractivity contribution is 0.128. The highest BCUT2D eigenvalue weighted by atomic mass is 32.2. The van der Waals surface area contributed by atoms with Gasteiger partial charge in [-0.3, -0.25) is 4.68 Å². The minimum atomic E-state index is 0.423. The lowest BCUT2D eigenvalue weighted by Gasteiger charge is -2.06. The molecule has 2 aromatic rings. The summed E-state index contributed by atoms with van der Waals surface area (Å²) in [5, 5.41) is 8.05. The molecule has 19 heavy (non-hydrogen) atoms. The molecule has 0 saturated heterocycles. The van der Waals surface area contributed by atoms with Crippen LogP contribution in [0.5, 0.6) is 0 Å². The summed E-state index contributed by atoms with van der Waals surface area (Å²) in [5.74, 6) is 1.47. The summed E-state index contributed by atoms with van der Waals surface area (Å²) in [6, 6.07) is 1.91. The van der Waals surface area contributed by atoms with Gasteiger partial charge in [-0.2, -0.15) is 5.10 Å². The van der Waals surface area contributed by atoms with Crippen molar-refractivity contribution in [1.29, 1.82) is 0 Å². The Labute approximate surface area is 116 Å². The molecular weight excluding hydrogens is 262 g/mol. The molecule has 0 atom stereocenters. The number of nitrogens with zero attached hydrogens (tertiary/aromatic N) is 4. The molecule has 0 saturated carbocycles. The van der Waals surface area contributed by atoms with Crippen LogP contribution in [0, 0.1) is 0 Å². The van der Waals surface area contributed by atoms with Gasteiger partial charge in [0.1, 0.15) is 17.5 Å². The Hall–Kier alpha value is -1.60. The van der Waals surface area contributed by atoms with Gasteiger partial charge in [-0.25, -0.2) is 9.97 Å². The van der Waals surface area contributed by atoms with Crippen molar-refractivity contribution in [2.24, 2.45) is 7.05 Å². The van der Waals surface area contributed by atoms with E-state index in [2.05, 4.69) is 20.4 Å². The topological polar surface area (TPSA) is 64.9 Å². The van der Waals surface area contributed by atoms with E-state index in [1.54, 1.807) is 16.4 Å². The zero-order valence-corrected chi connectivity index (χ0v) is 12.1. The van der Waals surface area contributed by atoms with E-state index in [4.69, 9.17) is 4.74 Å². The zero-order valence-electron chi connectivity index (χ0n) is 11.3. The van der Waals surface area contributed by atoms with E-state index in [0.717, 1.165) is 15.7 Å². The molecule has 0 amide bonds. The first-order chi connectivity index (χ1) is 9.21. The van der Waals surface area contributed by atoms with Crippen molar-refractivity contribution in [1.82, 2.24) is 19.7 Å². The van der Waals surface area contributed by atoms with Crippen LogP contribution in [0.3, 0.4) is 0 Å². The van der Waals surface area contributed by atoms with Crippen molar-refractivity contribution in [2.45, 2.75) is 23.5 Å². The van der Waals surface area contributed by atoms with Crippen molar-refractivity contribution in [3.8, 4) is 0 Å². The summed E-state index contributed by atoms with van der Waals surface area (Å²) in [5.41, 5.74) is 0. The van der Waals surface area contributed by atoms with E-state index in [0.29, 0.717) is 19.0 Å². The fourth-order valence-corrected chi connectivity index (χ4v) is 2.35. The molecule has 2 rings (SSSR count).